The Kier molecular flexibility index (Phi) is 6.77. The molecule has 0 spiro atoms. The van der Waals surface area contributed by atoms with Gasteiger partial charge in [-0.3, -0.25) is 0 Å². The molecule has 0 saturated heterocycles. The van der Waals surface area contributed by atoms with Crippen molar-refractivity contribution < 1.29 is 18.8 Å². The minimum absolute atomic E-state index is 0.0620. The maximum atomic E-state index is 13.3. The van der Waals surface area contributed by atoms with Gasteiger partial charge in [-0.2, -0.15) is 0 Å². The summed E-state index contributed by atoms with van der Waals surface area (Å²) in [5.41, 5.74) is 2.18. The second kappa shape index (κ2) is 9.51. The normalized spacial score (nSPS) is 18.4. The number of hydrogen-bond acceptors (Lipinski definition) is 7. The van der Waals surface area contributed by atoms with Gasteiger partial charge < -0.3 is 14.4 Å². The minimum atomic E-state index is 0.0620. The molecule has 2 aliphatic rings. The van der Waals surface area contributed by atoms with Gasteiger partial charge in [-0.05, 0) is 18.4 Å². The van der Waals surface area contributed by atoms with E-state index < -0.39 is 0 Å². The molecule has 0 N–H and O–H groups in total. The Morgan fingerprint density at radius 1 is 1.10 bits per heavy atom. The summed E-state index contributed by atoms with van der Waals surface area (Å²) in [7, 11) is 3.67. The fourth-order valence-electron chi connectivity index (χ4n) is 3.24. The number of rotatable bonds is 6. The topological polar surface area (TPSA) is 41.8 Å². The summed E-state index contributed by atoms with van der Waals surface area (Å²) in [4.78, 5) is 17.3. The number of benzene rings is 2. The Balaban J connectivity index is 1.58. The van der Waals surface area contributed by atoms with Crippen molar-refractivity contribution in [3.05, 3.63) is 64.0 Å². The maximum absolute atomic E-state index is 13.3. The van der Waals surface area contributed by atoms with Gasteiger partial charge in [0.1, 0.15) is 17.4 Å². The number of ether oxygens (including phenoxy) is 2. The van der Waals surface area contributed by atoms with Crippen molar-refractivity contribution in [3.63, 3.8) is 0 Å². The molecule has 0 fully saturated rings. The van der Waals surface area contributed by atoms with E-state index >= 15 is 0 Å². The third-order valence-corrected chi connectivity index (χ3v) is 8.41. The van der Waals surface area contributed by atoms with Crippen LogP contribution in [0.1, 0.15) is 5.56 Å². The van der Waals surface area contributed by atoms with Gasteiger partial charge in [0, 0.05) is 42.4 Å². The number of hydrogen-bond donors (Lipinski definition) is 0. The lowest BCUT2D eigenvalue weighted by Crippen LogP contribution is -2.21. The van der Waals surface area contributed by atoms with Crippen molar-refractivity contribution in [2.24, 2.45) is 0 Å². The summed E-state index contributed by atoms with van der Waals surface area (Å²) in [6.45, 7) is 1.64. The van der Waals surface area contributed by atoms with Gasteiger partial charge in [-0.1, -0.05) is 53.9 Å². The molecule has 0 bridgehead atoms. The van der Waals surface area contributed by atoms with E-state index in [1.807, 2.05) is 48.2 Å². The zero-order chi connectivity index (χ0) is 21.1. The van der Waals surface area contributed by atoms with Crippen LogP contribution >= 0.6 is 35.3 Å². The summed E-state index contributed by atoms with van der Waals surface area (Å²) in [6.07, 6.45) is 2.02. The number of carbonyl (C=O) groups excluding carboxylic acids is 1. The first-order valence-corrected chi connectivity index (χ1v) is 12.3. The zero-order valence-electron chi connectivity index (χ0n) is 17.1. The smallest absolute Gasteiger partial charge is 0.430 e. The van der Waals surface area contributed by atoms with E-state index in [9.17, 15) is 4.79 Å². The monoisotopic (exact) mass is 459 g/mol. The molecule has 8 heteroatoms. The van der Waals surface area contributed by atoms with Gasteiger partial charge in [-0.25, -0.2) is 4.79 Å². The number of thioether (sulfide) groups is 3. The van der Waals surface area contributed by atoms with E-state index in [-0.39, 0.29) is 5.91 Å². The number of methoxy groups -OCH3 is 1. The Morgan fingerprint density at radius 2 is 1.90 bits per heavy atom. The lowest BCUT2D eigenvalue weighted by molar-refractivity contribution is -0.453. The van der Waals surface area contributed by atoms with Crippen LogP contribution in [0.5, 0.6) is 5.75 Å². The highest BCUT2D eigenvalue weighted by Gasteiger charge is 2.42. The van der Waals surface area contributed by atoms with Gasteiger partial charge >= 0.3 is 5.91 Å². The van der Waals surface area contributed by atoms with Gasteiger partial charge in [0.2, 0.25) is 0 Å². The van der Waals surface area contributed by atoms with Crippen molar-refractivity contribution in [1.82, 2.24) is 0 Å². The Morgan fingerprint density at radius 3 is 2.63 bits per heavy atom. The second-order valence-corrected chi connectivity index (χ2v) is 9.80. The van der Waals surface area contributed by atoms with Crippen LogP contribution in [0.15, 0.2) is 63.4 Å². The van der Waals surface area contributed by atoms with Gasteiger partial charge in [0.15, 0.2) is 11.4 Å². The molecule has 0 saturated carbocycles. The van der Waals surface area contributed by atoms with Crippen LogP contribution in [0.25, 0.3) is 0 Å². The predicted octanol–water partition coefficient (Wildman–Crippen LogP) is 4.63. The highest BCUT2D eigenvalue weighted by atomic mass is 32.2. The Labute approximate surface area is 189 Å². The molecule has 2 aromatic carbocycles. The van der Waals surface area contributed by atoms with Gasteiger partial charge in [-0.15, -0.1) is 4.58 Å². The molecule has 2 heterocycles. The average Bonchev–Trinajstić information content (AvgIpc) is 3.26. The van der Waals surface area contributed by atoms with E-state index in [1.54, 1.807) is 42.4 Å². The summed E-state index contributed by atoms with van der Waals surface area (Å²) in [5, 5.41) is 0.969. The van der Waals surface area contributed by atoms with Crippen LogP contribution in [0.3, 0.4) is 0 Å². The van der Waals surface area contributed by atoms with Crippen LogP contribution in [0.2, 0.25) is 0 Å². The van der Waals surface area contributed by atoms with Gasteiger partial charge in [0.05, 0.1) is 12.3 Å². The van der Waals surface area contributed by atoms with Gasteiger partial charge in [0.25, 0.3) is 4.38 Å². The molecular weight excluding hydrogens is 436 g/mol. The first-order chi connectivity index (χ1) is 14.6. The second-order valence-electron chi connectivity index (χ2n) is 6.72. The molecule has 0 aromatic heterocycles. The molecule has 4 rings (SSSR count). The fourth-order valence-corrected chi connectivity index (χ4v) is 6.36. The average molecular weight is 460 g/mol. The molecule has 30 heavy (non-hydrogen) atoms. The van der Waals surface area contributed by atoms with Crippen molar-refractivity contribution in [2.75, 3.05) is 38.5 Å². The maximum Gasteiger partial charge on any atom is 0.430 e. The van der Waals surface area contributed by atoms with Crippen LogP contribution in [-0.2, 0) is 16.1 Å². The molecule has 156 valence electrons. The highest BCUT2D eigenvalue weighted by Crippen LogP contribution is 2.50. The molecular formula is C22H23N2O3S3+. The number of anilines is 1. The van der Waals surface area contributed by atoms with E-state index in [4.69, 9.17) is 9.47 Å². The first-order valence-electron chi connectivity index (χ1n) is 9.48. The third kappa shape index (κ3) is 4.27. The predicted molar refractivity (Wildman–Crippen MR) is 127 cm³/mol. The number of nitrogens with zero attached hydrogens (tertiary/aromatic N) is 2. The lowest BCUT2D eigenvalue weighted by atomic mass is 10.2. The van der Waals surface area contributed by atoms with Crippen molar-refractivity contribution in [2.45, 2.75) is 11.4 Å². The molecule has 2 aromatic rings. The van der Waals surface area contributed by atoms with Crippen LogP contribution < -0.4 is 9.64 Å². The quantitative estimate of drug-likeness (QED) is 0.354. The molecule has 1 amide bonds. The van der Waals surface area contributed by atoms with Crippen LogP contribution in [-0.4, -0.2) is 48.5 Å². The Hall–Kier alpha value is -1.87. The molecule has 0 unspecified atom stereocenters. The largest absolute Gasteiger partial charge is 0.491 e. The molecule has 0 atom stereocenters. The summed E-state index contributed by atoms with van der Waals surface area (Å²) >= 11 is 4.82. The molecule has 2 aliphatic heterocycles. The fraction of sp³-hybridized carbons (Fsp3) is 0.273. The van der Waals surface area contributed by atoms with E-state index in [0.29, 0.717) is 19.8 Å². The molecule has 0 radical (unpaired) electrons. The van der Waals surface area contributed by atoms with Crippen LogP contribution in [0, 0.1) is 0 Å². The van der Waals surface area contributed by atoms with E-state index in [2.05, 4.69) is 23.1 Å². The van der Waals surface area contributed by atoms with E-state index in [0.717, 1.165) is 36.2 Å². The van der Waals surface area contributed by atoms with E-state index in [1.165, 1.54) is 0 Å². The summed E-state index contributed by atoms with van der Waals surface area (Å²) in [5.74, 6) is 0.865. The minimum Gasteiger partial charge on any atom is -0.491 e. The summed E-state index contributed by atoms with van der Waals surface area (Å²) in [6, 6.07) is 16.2. The lowest BCUT2D eigenvalue weighted by Gasteiger charge is -2.15. The standard InChI is InChI=1S/C22H23N2O3S3/c1-23-17-13-16(27-12-11-26-2)9-10-18(17)29-21(23)19-20(25)24(22(28-3)30-19)14-15-7-5-4-6-8-15/h4-10,13H,11-12,14H2,1-3H3/q+1/b21-19-. The van der Waals surface area contributed by atoms with Crippen molar-refractivity contribution >= 4 is 51.3 Å². The number of amides is 1. The number of carbonyl (C=O) groups is 1. The third-order valence-electron chi connectivity index (χ3n) is 4.76. The Bertz CT molecular complexity index is 1020. The highest BCUT2D eigenvalue weighted by molar-refractivity contribution is 8.40. The zero-order valence-corrected chi connectivity index (χ0v) is 19.5. The van der Waals surface area contributed by atoms with Crippen LogP contribution in [0.4, 0.5) is 5.69 Å². The van der Waals surface area contributed by atoms with Crippen molar-refractivity contribution in [3.8, 4) is 5.75 Å². The molecule has 0 aliphatic carbocycles. The first kappa shape index (κ1) is 21.4. The molecule has 5 nitrogen and oxygen atoms in total. The SMILES string of the molecule is COCCOc1ccc2c(c1)N(C)/C(=C1/SC(SC)=[N+](Cc3ccccc3)C1=O)S2. The van der Waals surface area contributed by atoms with Crippen molar-refractivity contribution in [1.29, 1.82) is 0 Å². The number of fused-ring (bicyclic) bond motifs is 1. The summed E-state index contributed by atoms with van der Waals surface area (Å²) < 4.78 is 13.7.